The van der Waals surface area contributed by atoms with Gasteiger partial charge >= 0.3 is 0 Å². The Kier molecular flexibility index (Phi) is 3.87. The monoisotopic (exact) mass is 353 g/mol. The van der Waals surface area contributed by atoms with Gasteiger partial charge in [0.05, 0.1) is 19.9 Å². The molecule has 0 saturated heterocycles. The van der Waals surface area contributed by atoms with Crippen molar-refractivity contribution in [2.75, 3.05) is 14.2 Å². The van der Waals surface area contributed by atoms with Gasteiger partial charge in [-0.15, -0.1) is 0 Å². The van der Waals surface area contributed by atoms with Gasteiger partial charge in [0.2, 0.25) is 5.78 Å². The first-order valence-corrected chi connectivity index (χ1v) is 8.75. The standard InChI is InChI=1S/C14H12ClN3O4S/c1-21-11-7-12(22-2)13(23(15,19)20)6-9(11)10-8-18-5-3-4-16-14(18)17-10/h3-8H,1-2H3. The number of imidazole rings is 1. The first-order valence-electron chi connectivity index (χ1n) is 6.45. The molecule has 0 aliphatic rings. The SMILES string of the molecule is COc1cc(OC)c(S(=O)(=O)Cl)cc1-c1cn2cccnc2n1. The quantitative estimate of drug-likeness (QED) is 0.669. The van der Waals surface area contributed by atoms with Crippen molar-refractivity contribution in [2.24, 2.45) is 0 Å². The smallest absolute Gasteiger partial charge is 0.265 e. The normalized spacial score (nSPS) is 11.6. The number of hydrogen-bond donors (Lipinski definition) is 0. The number of ether oxygens (including phenoxy) is 2. The van der Waals surface area contributed by atoms with Gasteiger partial charge in [0.25, 0.3) is 9.05 Å². The number of halogens is 1. The van der Waals surface area contributed by atoms with Crippen molar-refractivity contribution in [1.82, 2.24) is 14.4 Å². The van der Waals surface area contributed by atoms with Gasteiger partial charge in [0.15, 0.2) is 0 Å². The maximum absolute atomic E-state index is 11.8. The first-order chi connectivity index (χ1) is 10.9. The fourth-order valence-electron chi connectivity index (χ4n) is 2.22. The van der Waals surface area contributed by atoms with Crippen LogP contribution in [0.2, 0.25) is 0 Å². The summed E-state index contributed by atoms with van der Waals surface area (Å²) in [5, 5.41) is 0. The van der Waals surface area contributed by atoms with E-state index in [9.17, 15) is 8.42 Å². The van der Waals surface area contributed by atoms with Gasteiger partial charge in [-0.2, -0.15) is 0 Å². The van der Waals surface area contributed by atoms with E-state index in [1.54, 1.807) is 29.1 Å². The Hall–Kier alpha value is -2.32. The molecule has 2 heterocycles. The molecular formula is C14H12ClN3O4S. The fraction of sp³-hybridized carbons (Fsp3) is 0.143. The average Bonchev–Trinajstić information content (AvgIpc) is 2.96. The van der Waals surface area contributed by atoms with Gasteiger partial charge < -0.3 is 9.47 Å². The van der Waals surface area contributed by atoms with Crippen LogP contribution in [0.15, 0.2) is 41.7 Å². The van der Waals surface area contributed by atoms with Crippen LogP contribution in [0.5, 0.6) is 11.5 Å². The lowest BCUT2D eigenvalue weighted by Gasteiger charge is -2.12. The van der Waals surface area contributed by atoms with Crippen LogP contribution in [-0.2, 0) is 9.05 Å². The van der Waals surface area contributed by atoms with Crippen LogP contribution in [-0.4, -0.2) is 37.0 Å². The molecule has 0 unspecified atom stereocenters. The van der Waals surface area contributed by atoms with Crippen LogP contribution in [0.1, 0.15) is 0 Å². The highest BCUT2D eigenvalue weighted by Gasteiger charge is 2.22. The van der Waals surface area contributed by atoms with Crippen LogP contribution in [0.25, 0.3) is 17.0 Å². The molecule has 0 saturated carbocycles. The number of aromatic nitrogens is 3. The molecule has 23 heavy (non-hydrogen) atoms. The molecule has 0 N–H and O–H groups in total. The topological polar surface area (TPSA) is 82.8 Å². The molecule has 120 valence electrons. The van der Waals surface area contributed by atoms with E-state index in [2.05, 4.69) is 9.97 Å². The van der Waals surface area contributed by atoms with Crippen LogP contribution >= 0.6 is 10.7 Å². The maximum atomic E-state index is 11.8. The van der Waals surface area contributed by atoms with Crippen LogP contribution < -0.4 is 9.47 Å². The minimum Gasteiger partial charge on any atom is -0.496 e. The van der Waals surface area contributed by atoms with Gasteiger partial charge in [-0.05, 0) is 12.1 Å². The molecule has 0 radical (unpaired) electrons. The third-order valence-electron chi connectivity index (χ3n) is 3.26. The maximum Gasteiger partial charge on any atom is 0.265 e. The Labute approximate surface area is 136 Å². The minimum atomic E-state index is -3.99. The molecule has 9 heteroatoms. The molecule has 0 spiro atoms. The van der Waals surface area contributed by atoms with Gasteiger partial charge in [-0.3, -0.25) is 4.40 Å². The molecule has 0 amide bonds. The summed E-state index contributed by atoms with van der Waals surface area (Å²) in [7, 11) is 4.33. The van der Waals surface area contributed by atoms with Gasteiger partial charge in [0, 0.05) is 40.9 Å². The third kappa shape index (κ3) is 2.82. The molecule has 3 rings (SSSR count). The highest BCUT2D eigenvalue weighted by molar-refractivity contribution is 8.13. The zero-order chi connectivity index (χ0) is 16.6. The fourth-order valence-corrected chi connectivity index (χ4v) is 3.22. The highest BCUT2D eigenvalue weighted by Crippen LogP contribution is 2.38. The molecule has 0 fully saturated rings. The largest absolute Gasteiger partial charge is 0.496 e. The number of rotatable bonds is 4. The Morgan fingerprint density at radius 1 is 1.17 bits per heavy atom. The summed E-state index contributed by atoms with van der Waals surface area (Å²) >= 11 is 0. The number of benzene rings is 1. The molecular weight excluding hydrogens is 342 g/mol. The summed E-state index contributed by atoms with van der Waals surface area (Å²) in [6, 6.07) is 4.60. The van der Waals surface area contributed by atoms with Crippen LogP contribution in [0, 0.1) is 0 Å². The number of nitrogens with zero attached hydrogens (tertiary/aromatic N) is 3. The van der Waals surface area contributed by atoms with Gasteiger partial charge in [0.1, 0.15) is 16.4 Å². The molecule has 3 aromatic rings. The molecule has 0 aliphatic heterocycles. The van der Waals surface area contributed by atoms with E-state index in [0.29, 0.717) is 22.8 Å². The second-order valence-electron chi connectivity index (χ2n) is 4.59. The predicted molar refractivity (Wildman–Crippen MR) is 84.6 cm³/mol. The summed E-state index contributed by atoms with van der Waals surface area (Å²) in [6.07, 6.45) is 5.12. The number of fused-ring (bicyclic) bond motifs is 1. The summed E-state index contributed by atoms with van der Waals surface area (Å²) in [4.78, 5) is 8.34. The van der Waals surface area contributed by atoms with Crippen molar-refractivity contribution in [1.29, 1.82) is 0 Å². The molecule has 7 nitrogen and oxygen atoms in total. The average molecular weight is 354 g/mol. The van der Waals surface area contributed by atoms with Crippen molar-refractivity contribution in [3.05, 3.63) is 36.8 Å². The van der Waals surface area contributed by atoms with E-state index in [0.717, 1.165) is 0 Å². The highest BCUT2D eigenvalue weighted by atomic mass is 35.7. The van der Waals surface area contributed by atoms with Gasteiger partial charge in [-0.25, -0.2) is 18.4 Å². The Balaban J connectivity index is 2.29. The van der Waals surface area contributed by atoms with E-state index in [1.165, 1.54) is 26.4 Å². The summed E-state index contributed by atoms with van der Waals surface area (Å²) in [5.41, 5.74) is 0.975. The Bertz CT molecular complexity index is 952. The summed E-state index contributed by atoms with van der Waals surface area (Å²) in [5.74, 6) is 0.993. The van der Waals surface area contributed by atoms with E-state index in [1.807, 2.05) is 0 Å². The Morgan fingerprint density at radius 3 is 2.52 bits per heavy atom. The molecule has 1 aromatic carbocycles. The zero-order valence-corrected chi connectivity index (χ0v) is 13.8. The van der Waals surface area contributed by atoms with Crippen LogP contribution in [0.3, 0.4) is 0 Å². The molecule has 0 atom stereocenters. The molecule has 2 aromatic heterocycles. The predicted octanol–water partition coefficient (Wildman–Crippen LogP) is 2.34. The second kappa shape index (κ2) is 5.71. The van der Waals surface area contributed by atoms with Crippen molar-refractivity contribution in [3.8, 4) is 22.8 Å². The summed E-state index contributed by atoms with van der Waals surface area (Å²) < 4.78 is 35.7. The van der Waals surface area contributed by atoms with E-state index < -0.39 is 9.05 Å². The summed E-state index contributed by atoms with van der Waals surface area (Å²) in [6.45, 7) is 0. The van der Waals surface area contributed by atoms with Crippen molar-refractivity contribution in [3.63, 3.8) is 0 Å². The van der Waals surface area contributed by atoms with E-state index >= 15 is 0 Å². The lowest BCUT2D eigenvalue weighted by molar-refractivity contribution is 0.387. The lowest BCUT2D eigenvalue weighted by atomic mass is 10.1. The Morgan fingerprint density at radius 2 is 1.91 bits per heavy atom. The number of hydrogen-bond acceptors (Lipinski definition) is 6. The van der Waals surface area contributed by atoms with E-state index in [4.69, 9.17) is 20.2 Å². The minimum absolute atomic E-state index is 0.0995. The first kappa shape index (κ1) is 15.6. The van der Waals surface area contributed by atoms with Crippen molar-refractivity contribution < 1.29 is 17.9 Å². The lowest BCUT2D eigenvalue weighted by Crippen LogP contribution is -1.99. The van der Waals surface area contributed by atoms with Crippen molar-refractivity contribution in [2.45, 2.75) is 4.90 Å². The zero-order valence-electron chi connectivity index (χ0n) is 12.2. The molecule has 0 aliphatic carbocycles. The van der Waals surface area contributed by atoms with Crippen molar-refractivity contribution >= 4 is 25.5 Å². The van der Waals surface area contributed by atoms with Gasteiger partial charge in [-0.1, -0.05) is 0 Å². The van der Waals surface area contributed by atoms with E-state index in [-0.39, 0.29) is 10.6 Å². The second-order valence-corrected chi connectivity index (χ2v) is 7.13. The molecule has 0 bridgehead atoms. The number of methoxy groups -OCH3 is 2. The van der Waals surface area contributed by atoms with Crippen LogP contribution in [0.4, 0.5) is 0 Å². The third-order valence-corrected chi connectivity index (χ3v) is 4.60.